The Morgan fingerprint density at radius 3 is 2.81 bits per heavy atom. The molecule has 3 aromatic rings. The average molecular weight is 280 g/mol. The van der Waals surface area contributed by atoms with Gasteiger partial charge in [0.2, 0.25) is 0 Å². The molecule has 4 nitrogen and oxygen atoms in total. The molecule has 1 saturated carbocycles. The first-order valence-electron chi connectivity index (χ1n) is 7.81. The van der Waals surface area contributed by atoms with Crippen molar-refractivity contribution < 1.29 is 0 Å². The number of rotatable bonds is 3. The van der Waals surface area contributed by atoms with E-state index in [0.717, 1.165) is 12.1 Å². The number of imidazole rings is 2. The molecular formula is C17H20N4. The first-order chi connectivity index (χ1) is 10.4. The fourth-order valence-corrected chi connectivity index (χ4v) is 3.41. The Hall–Kier alpha value is -2.10. The summed E-state index contributed by atoms with van der Waals surface area (Å²) in [6, 6.07) is 7.23. The first-order valence-corrected chi connectivity index (χ1v) is 7.81. The van der Waals surface area contributed by atoms with Gasteiger partial charge in [0, 0.05) is 25.0 Å². The molecule has 0 bridgehead atoms. The summed E-state index contributed by atoms with van der Waals surface area (Å²) in [5, 5.41) is 0. The highest BCUT2D eigenvalue weighted by atomic mass is 15.1. The van der Waals surface area contributed by atoms with E-state index in [1.807, 2.05) is 25.0 Å². The second-order valence-electron chi connectivity index (χ2n) is 6.00. The maximum absolute atomic E-state index is 4.58. The third-order valence-corrected chi connectivity index (χ3v) is 4.53. The zero-order valence-corrected chi connectivity index (χ0v) is 12.2. The molecule has 0 radical (unpaired) electrons. The summed E-state index contributed by atoms with van der Waals surface area (Å²) in [5.41, 5.74) is 3.69. The predicted molar refractivity (Wildman–Crippen MR) is 83.2 cm³/mol. The van der Waals surface area contributed by atoms with E-state index in [1.54, 1.807) is 0 Å². The number of hydrogen-bond acceptors (Lipinski definition) is 2. The lowest BCUT2D eigenvalue weighted by atomic mass is 9.95. The van der Waals surface area contributed by atoms with Crippen LogP contribution in [-0.4, -0.2) is 19.1 Å². The van der Waals surface area contributed by atoms with Crippen LogP contribution < -0.4 is 0 Å². The number of aromatic nitrogens is 4. The van der Waals surface area contributed by atoms with Crippen LogP contribution in [0.25, 0.3) is 11.0 Å². The van der Waals surface area contributed by atoms with E-state index < -0.39 is 0 Å². The second-order valence-corrected chi connectivity index (χ2v) is 6.00. The molecule has 2 aromatic heterocycles. The summed E-state index contributed by atoms with van der Waals surface area (Å²) in [4.78, 5) is 8.68. The van der Waals surface area contributed by atoms with Crippen molar-refractivity contribution in [2.24, 2.45) is 0 Å². The van der Waals surface area contributed by atoms with Gasteiger partial charge in [0.1, 0.15) is 0 Å². The van der Waals surface area contributed by atoms with Crippen LogP contribution in [0.5, 0.6) is 0 Å². The Morgan fingerprint density at radius 1 is 1.10 bits per heavy atom. The maximum atomic E-state index is 4.58. The highest BCUT2D eigenvalue weighted by molar-refractivity contribution is 5.76. The Balaban J connectivity index is 1.68. The van der Waals surface area contributed by atoms with Crippen LogP contribution in [-0.2, 0) is 6.54 Å². The van der Waals surface area contributed by atoms with Gasteiger partial charge in [-0.25, -0.2) is 9.97 Å². The Morgan fingerprint density at radius 2 is 2.00 bits per heavy atom. The summed E-state index contributed by atoms with van der Waals surface area (Å²) < 4.78 is 4.49. The molecule has 0 amide bonds. The van der Waals surface area contributed by atoms with Gasteiger partial charge in [-0.15, -0.1) is 0 Å². The van der Waals surface area contributed by atoms with Gasteiger partial charge in [0.15, 0.2) is 0 Å². The zero-order valence-electron chi connectivity index (χ0n) is 12.2. The van der Waals surface area contributed by atoms with Crippen molar-refractivity contribution in [2.75, 3.05) is 0 Å². The van der Waals surface area contributed by atoms with Gasteiger partial charge in [-0.1, -0.05) is 25.3 Å². The van der Waals surface area contributed by atoms with E-state index in [4.69, 9.17) is 0 Å². The number of nitrogens with zero attached hydrogens (tertiary/aromatic N) is 4. The smallest absolute Gasteiger partial charge is 0.0960 e. The topological polar surface area (TPSA) is 35.6 Å². The monoisotopic (exact) mass is 280 g/mol. The molecule has 0 atom stereocenters. The minimum absolute atomic E-state index is 0.632. The molecular weight excluding hydrogens is 260 g/mol. The van der Waals surface area contributed by atoms with Crippen molar-refractivity contribution in [3.05, 3.63) is 48.8 Å². The van der Waals surface area contributed by atoms with E-state index in [2.05, 4.69) is 37.3 Å². The molecule has 0 unspecified atom stereocenters. The fraction of sp³-hybridized carbons (Fsp3) is 0.412. The number of hydrogen-bond donors (Lipinski definition) is 0. The molecule has 1 fully saturated rings. The molecule has 0 spiro atoms. The van der Waals surface area contributed by atoms with Gasteiger partial charge in [0.25, 0.3) is 0 Å². The summed E-state index contributed by atoms with van der Waals surface area (Å²) in [6.45, 7) is 0.867. The molecule has 4 heteroatoms. The molecule has 21 heavy (non-hydrogen) atoms. The van der Waals surface area contributed by atoms with Crippen molar-refractivity contribution >= 4 is 11.0 Å². The molecule has 1 aliphatic carbocycles. The van der Waals surface area contributed by atoms with Gasteiger partial charge < -0.3 is 9.13 Å². The molecule has 1 aromatic carbocycles. The van der Waals surface area contributed by atoms with E-state index >= 15 is 0 Å². The largest absolute Gasteiger partial charge is 0.333 e. The average Bonchev–Trinajstić information content (AvgIpc) is 3.17. The molecule has 1 aliphatic rings. The van der Waals surface area contributed by atoms with Crippen LogP contribution in [0.4, 0.5) is 0 Å². The van der Waals surface area contributed by atoms with Crippen molar-refractivity contribution in [3.63, 3.8) is 0 Å². The van der Waals surface area contributed by atoms with E-state index in [1.165, 1.54) is 43.2 Å². The second kappa shape index (κ2) is 5.35. The highest BCUT2D eigenvalue weighted by Gasteiger charge is 2.17. The molecule has 0 N–H and O–H groups in total. The van der Waals surface area contributed by atoms with Crippen LogP contribution in [0.15, 0.2) is 43.2 Å². The maximum Gasteiger partial charge on any atom is 0.0960 e. The lowest BCUT2D eigenvalue weighted by molar-refractivity contribution is 0.359. The van der Waals surface area contributed by atoms with E-state index in [0.29, 0.717) is 6.04 Å². The van der Waals surface area contributed by atoms with Crippen LogP contribution in [0, 0.1) is 0 Å². The van der Waals surface area contributed by atoms with Crippen molar-refractivity contribution in [1.82, 2.24) is 19.1 Å². The Labute approximate surface area is 124 Å². The van der Waals surface area contributed by atoms with Crippen molar-refractivity contribution in [3.8, 4) is 0 Å². The minimum atomic E-state index is 0.632. The highest BCUT2D eigenvalue weighted by Crippen LogP contribution is 2.31. The lowest BCUT2D eigenvalue weighted by Crippen LogP contribution is -2.11. The quantitative estimate of drug-likeness (QED) is 0.732. The Bertz CT molecular complexity index is 720. The first kappa shape index (κ1) is 12.6. The van der Waals surface area contributed by atoms with Crippen molar-refractivity contribution in [2.45, 2.75) is 44.7 Å². The molecule has 0 saturated heterocycles. The molecule has 108 valence electrons. The van der Waals surface area contributed by atoms with Gasteiger partial charge in [0.05, 0.1) is 23.7 Å². The van der Waals surface area contributed by atoms with E-state index in [9.17, 15) is 0 Å². The SMILES string of the molecule is c1cn(Cc2ccc3ncn(C4CCCCC4)c3c2)cn1. The third-order valence-electron chi connectivity index (χ3n) is 4.53. The summed E-state index contributed by atoms with van der Waals surface area (Å²) in [7, 11) is 0. The molecule has 0 aliphatic heterocycles. The van der Waals surface area contributed by atoms with Crippen LogP contribution >= 0.6 is 0 Å². The molecule has 2 heterocycles. The van der Waals surface area contributed by atoms with Gasteiger partial charge in [-0.3, -0.25) is 0 Å². The normalized spacial score (nSPS) is 16.6. The summed E-state index contributed by atoms with van der Waals surface area (Å²) in [6.07, 6.45) is 14.4. The zero-order chi connectivity index (χ0) is 14.1. The van der Waals surface area contributed by atoms with E-state index in [-0.39, 0.29) is 0 Å². The Kier molecular flexibility index (Phi) is 3.22. The summed E-state index contributed by atoms with van der Waals surface area (Å²) >= 11 is 0. The van der Waals surface area contributed by atoms with Gasteiger partial charge >= 0.3 is 0 Å². The number of benzene rings is 1. The molecule has 4 rings (SSSR count). The van der Waals surface area contributed by atoms with Gasteiger partial charge in [-0.2, -0.15) is 0 Å². The van der Waals surface area contributed by atoms with Crippen LogP contribution in [0.3, 0.4) is 0 Å². The van der Waals surface area contributed by atoms with Crippen LogP contribution in [0.2, 0.25) is 0 Å². The standard InChI is InChI=1S/C17H20N4/c1-2-4-15(5-3-1)21-13-19-16-7-6-14(10-17(16)21)11-20-9-8-18-12-20/h6-10,12-13,15H,1-5,11H2. The third kappa shape index (κ3) is 2.46. The van der Waals surface area contributed by atoms with Crippen LogP contribution in [0.1, 0.15) is 43.7 Å². The number of fused-ring (bicyclic) bond motifs is 1. The van der Waals surface area contributed by atoms with Gasteiger partial charge in [-0.05, 0) is 30.5 Å². The lowest BCUT2D eigenvalue weighted by Gasteiger charge is -2.23. The summed E-state index contributed by atoms with van der Waals surface area (Å²) in [5.74, 6) is 0. The predicted octanol–water partition coefficient (Wildman–Crippen LogP) is 3.79. The fourth-order valence-electron chi connectivity index (χ4n) is 3.41. The minimum Gasteiger partial charge on any atom is -0.333 e. The van der Waals surface area contributed by atoms with Crippen molar-refractivity contribution in [1.29, 1.82) is 0 Å².